The molecule has 3 heteroatoms. The van der Waals surface area contributed by atoms with Crippen molar-refractivity contribution < 1.29 is 14.3 Å². The van der Waals surface area contributed by atoms with Gasteiger partial charge in [-0.2, -0.15) is 0 Å². The summed E-state index contributed by atoms with van der Waals surface area (Å²) < 4.78 is 10.8. The van der Waals surface area contributed by atoms with Gasteiger partial charge in [0.15, 0.2) is 0 Å². The number of aldehydes is 1. The number of hydrogen-bond acceptors (Lipinski definition) is 3. The Hall–Kier alpha value is -0.410. The predicted octanol–water partition coefficient (Wildman–Crippen LogP) is 6.73. The van der Waals surface area contributed by atoms with E-state index >= 15 is 0 Å². The number of carbonyl (C=O) groups excluding carboxylic acids is 1. The van der Waals surface area contributed by atoms with Crippen LogP contribution in [0.5, 0.6) is 0 Å². The molecule has 156 valence electrons. The van der Waals surface area contributed by atoms with E-state index in [1.165, 1.54) is 83.5 Å². The lowest BCUT2D eigenvalue weighted by molar-refractivity contribution is -0.119. The maximum atomic E-state index is 11.1. The van der Waals surface area contributed by atoms with Gasteiger partial charge in [0.05, 0.1) is 6.61 Å². The highest BCUT2D eigenvalue weighted by Crippen LogP contribution is 2.18. The van der Waals surface area contributed by atoms with Crippen molar-refractivity contribution in [2.75, 3.05) is 26.9 Å². The van der Waals surface area contributed by atoms with Crippen molar-refractivity contribution in [2.24, 2.45) is 5.41 Å². The van der Waals surface area contributed by atoms with E-state index in [2.05, 4.69) is 6.92 Å². The van der Waals surface area contributed by atoms with E-state index in [0.717, 1.165) is 25.7 Å². The Kier molecular flexibility index (Phi) is 19.0. The standard InChI is InChI=1S/C23H46O3/c1-4-5-6-7-8-9-10-11-12-13-14-15-16-17-19-26-20-18-23(2,21-24)22-25-3/h21H,4-20,22H2,1-3H3/t23-/m0/s1. The van der Waals surface area contributed by atoms with Crippen LogP contribution in [0.3, 0.4) is 0 Å². The van der Waals surface area contributed by atoms with Crippen LogP contribution in [0.4, 0.5) is 0 Å². The second-order valence-electron chi connectivity index (χ2n) is 8.16. The minimum Gasteiger partial charge on any atom is -0.384 e. The molecule has 0 rings (SSSR count). The van der Waals surface area contributed by atoms with E-state index in [1.54, 1.807) is 7.11 Å². The summed E-state index contributed by atoms with van der Waals surface area (Å²) in [6.45, 7) is 6.15. The SMILES string of the molecule is CCCCCCCCCCCCCCCCOCC[C@@](C)(C=O)COC. The fourth-order valence-electron chi connectivity index (χ4n) is 3.30. The molecule has 0 aromatic heterocycles. The zero-order valence-corrected chi connectivity index (χ0v) is 18.0. The fraction of sp³-hybridized carbons (Fsp3) is 0.957. The van der Waals surface area contributed by atoms with Crippen LogP contribution >= 0.6 is 0 Å². The summed E-state index contributed by atoms with van der Waals surface area (Å²) in [4.78, 5) is 11.1. The molecule has 0 N–H and O–H groups in total. The largest absolute Gasteiger partial charge is 0.384 e. The van der Waals surface area contributed by atoms with Gasteiger partial charge in [-0.1, -0.05) is 97.3 Å². The molecule has 0 radical (unpaired) electrons. The Labute approximate surface area is 163 Å². The van der Waals surface area contributed by atoms with E-state index in [4.69, 9.17) is 9.47 Å². The van der Waals surface area contributed by atoms with Gasteiger partial charge in [0.2, 0.25) is 0 Å². The molecule has 1 atom stereocenters. The van der Waals surface area contributed by atoms with Gasteiger partial charge in [0.25, 0.3) is 0 Å². The quantitative estimate of drug-likeness (QED) is 0.166. The second-order valence-corrected chi connectivity index (χ2v) is 8.16. The summed E-state index contributed by atoms with van der Waals surface area (Å²) in [6, 6.07) is 0. The fourth-order valence-corrected chi connectivity index (χ4v) is 3.30. The van der Waals surface area contributed by atoms with Gasteiger partial charge in [-0.3, -0.25) is 0 Å². The molecule has 0 aliphatic carbocycles. The summed E-state index contributed by atoms with van der Waals surface area (Å²) in [5, 5.41) is 0. The van der Waals surface area contributed by atoms with Crippen molar-refractivity contribution in [3.8, 4) is 0 Å². The predicted molar refractivity (Wildman–Crippen MR) is 112 cm³/mol. The van der Waals surface area contributed by atoms with Crippen LogP contribution in [0.15, 0.2) is 0 Å². The van der Waals surface area contributed by atoms with Gasteiger partial charge in [-0.05, 0) is 12.8 Å². The zero-order chi connectivity index (χ0) is 19.3. The summed E-state index contributed by atoms with van der Waals surface area (Å²) >= 11 is 0. The maximum absolute atomic E-state index is 11.1. The number of unbranched alkanes of at least 4 members (excludes halogenated alkanes) is 13. The molecule has 0 heterocycles. The Morgan fingerprint density at radius 2 is 1.19 bits per heavy atom. The number of hydrogen-bond donors (Lipinski definition) is 0. The first-order valence-corrected chi connectivity index (χ1v) is 11.2. The smallest absolute Gasteiger partial charge is 0.128 e. The number of carbonyl (C=O) groups is 1. The molecule has 0 fully saturated rings. The van der Waals surface area contributed by atoms with Crippen LogP contribution < -0.4 is 0 Å². The van der Waals surface area contributed by atoms with Gasteiger partial charge >= 0.3 is 0 Å². The van der Waals surface area contributed by atoms with Crippen molar-refractivity contribution in [1.82, 2.24) is 0 Å². The molecule has 26 heavy (non-hydrogen) atoms. The van der Waals surface area contributed by atoms with Crippen LogP contribution in [0.2, 0.25) is 0 Å². The topological polar surface area (TPSA) is 35.5 Å². The third-order valence-electron chi connectivity index (χ3n) is 5.22. The summed E-state index contributed by atoms with van der Waals surface area (Å²) in [7, 11) is 1.64. The first-order chi connectivity index (χ1) is 12.7. The van der Waals surface area contributed by atoms with E-state index < -0.39 is 5.41 Å². The zero-order valence-electron chi connectivity index (χ0n) is 18.0. The molecule has 0 spiro atoms. The van der Waals surface area contributed by atoms with E-state index in [1.807, 2.05) is 6.92 Å². The lowest BCUT2D eigenvalue weighted by atomic mass is 9.90. The molecule has 0 aromatic rings. The maximum Gasteiger partial charge on any atom is 0.128 e. The van der Waals surface area contributed by atoms with Crippen LogP contribution in [-0.2, 0) is 14.3 Å². The van der Waals surface area contributed by atoms with E-state index in [0.29, 0.717) is 13.2 Å². The Balaban J connectivity index is 3.19. The molecule has 0 aliphatic heterocycles. The molecular weight excluding hydrogens is 324 g/mol. The average Bonchev–Trinajstić information content (AvgIpc) is 2.64. The van der Waals surface area contributed by atoms with Gasteiger partial charge < -0.3 is 14.3 Å². The van der Waals surface area contributed by atoms with Crippen LogP contribution in [0.25, 0.3) is 0 Å². The van der Waals surface area contributed by atoms with Gasteiger partial charge in [-0.15, -0.1) is 0 Å². The van der Waals surface area contributed by atoms with Crippen molar-refractivity contribution in [2.45, 2.75) is 110 Å². The van der Waals surface area contributed by atoms with Crippen molar-refractivity contribution in [1.29, 1.82) is 0 Å². The monoisotopic (exact) mass is 370 g/mol. The van der Waals surface area contributed by atoms with Crippen LogP contribution in [0.1, 0.15) is 110 Å². The minimum absolute atomic E-state index is 0.399. The highest BCUT2D eigenvalue weighted by Gasteiger charge is 2.23. The third-order valence-corrected chi connectivity index (χ3v) is 5.22. The van der Waals surface area contributed by atoms with Gasteiger partial charge in [0, 0.05) is 25.7 Å². The van der Waals surface area contributed by atoms with Gasteiger partial charge in [-0.25, -0.2) is 0 Å². The van der Waals surface area contributed by atoms with Gasteiger partial charge in [0.1, 0.15) is 6.29 Å². The van der Waals surface area contributed by atoms with Crippen molar-refractivity contribution >= 4 is 6.29 Å². The summed E-state index contributed by atoms with van der Waals surface area (Å²) in [6.07, 6.45) is 21.0. The lowest BCUT2D eigenvalue weighted by Gasteiger charge is -2.21. The number of ether oxygens (including phenoxy) is 2. The number of rotatable bonds is 21. The van der Waals surface area contributed by atoms with E-state index in [9.17, 15) is 4.79 Å². The molecule has 0 saturated heterocycles. The molecule has 0 aliphatic rings. The Bertz CT molecular complexity index is 293. The molecule has 3 nitrogen and oxygen atoms in total. The third kappa shape index (κ3) is 17.0. The first-order valence-electron chi connectivity index (χ1n) is 11.2. The Morgan fingerprint density at radius 1 is 0.731 bits per heavy atom. The normalized spacial score (nSPS) is 13.7. The van der Waals surface area contributed by atoms with E-state index in [-0.39, 0.29) is 0 Å². The summed E-state index contributed by atoms with van der Waals surface area (Å²) in [5.41, 5.74) is -0.399. The molecular formula is C23H46O3. The van der Waals surface area contributed by atoms with Crippen molar-refractivity contribution in [3.63, 3.8) is 0 Å². The van der Waals surface area contributed by atoms with Crippen molar-refractivity contribution in [3.05, 3.63) is 0 Å². The molecule has 0 bridgehead atoms. The highest BCUT2D eigenvalue weighted by atomic mass is 16.5. The minimum atomic E-state index is -0.399. The summed E-state index contributed by atoms with van der Waals surface area (Å²) in [5.74, 6) is 0. The van der Waals surface area contributed by atoms with Crippen LogP contribution in [0, 0.1) is 5.41 Å². The molecule has 0 saturated carbocycles. The first kappa shape index (κ1) is 25.6. The molecule has 0 unspecified atom stereocenters. The molecule has 0 amide bonds. The average molecular weight is 371 g/mol. The number of methoxy groups -OCH3 is 1. The Morgan fingerprint density at radius 3 is 1.62 bits per heavy atom. The highest BCUT2D eigenvalue weighted by molar-refractivity contribution is 5.58. The lowest BCUT2D eigenvalue weighted by Crippen LogP contribution is -2.26. The molecule has 0 aromatic carbocycles. The second kappa shape index (κ2) is 19.4. The van der Waals surface area contributed by atoms with Crippen LogP contribution in [-0.4, -0.2) is 33.2 Å².